The van der Waals surface area contributed by atoms with Gasteiger partial charge in [0.25, 0.3) is 0 Å². The fraction of sp³-hybridized carbons (Fsp3) is 0.909. The lowest BCUT2D eigenvalue weighted by Gasteiger charge is -2.43. The lowest BCUT2D eigenvalue weighted by atomic mass is 9.91. The zero-order valence-electron chi connectivity index (χ0n) is 9.22. The lowest BCUT2D eigenvalue weighted by Crippen LogP contribution is -2.51. The molecule has 0 aromatic rings. The van der Waals surface area contributed by atoms with Crippen LogP contribution in [0.2, 0.25) is 0 Å². The minimum absolute atomic E-state index is 0.118. The molecular weight excluding hydrogens is 160 g/mol. The Labute approximate surface area is 81.5 Å². The zero-order chi connectivity index (χ0) is 10.1. The van der Waals surface area contributed by atoms with Gasteiger partial charge in [-0.2, -0.15) is 5.26 Å². The second kappa shape index (κ2) is 3.31. The van der Waals surface area contributed by atoms with Crippen LogP contribution in [0.25, 0.3) is 0 Å². The van der Waals surface area contributed by atoms with Crippen LogP contribution in [0.5, 0.6) is 0 Å². The Morgan fingerprint density at radius 1 is 1.46 bits per heavy atom. The van der Waals surface area contributed by atoms with Crippen molar-refractivity contribution in [1.29, 1.82) is 5.26 Å². The molecule has 0 amide bonds. The molecule has 13 heavy (non-hydrogen) atoms. The average Bonchev–Trinajstić information content (AvgIpc) is 2.30. The molecule has 0 bridgehead atoms. The molecule has 0 N–H and O–H groups in total. The van der Waals surface area contributed by atoms with Crippen molar-refractivity contribution in [2.45, 2.75) is 58.0 Å². The van der Waals surface area contributed by atoms with Crippen LogP contribution in [0.3, 0.4) is 0 Å². The summed E-state index contributed by atoms with van der Waals surface area (Å²) in [5, 5.41) is 8.80. The highest BCUT2D eigenvalue weighted by Gasteiger charge is 2.41. The molecule has 1 rings (SSSR count). The topological polar surface area (TPSA) is 27.0 Å². The largest absolute Gasteiger partial charge is 0.292 e. The summed E-state index contributed by atoms with van der Waals surface area (Å²) in [5.41, 5.74) is 0.315. The van der Waals surface area contributed by atoms with Gasteiger partial charge in [0.1, 0.15) is 0 Å². The Kier molecular flexibility index (Phi) is 2.68. The summed E-state index contributed by atoms with van der Waals surface area (Å²) in [6.45, 7) is 10.0. The maximum atomic E-state index is 8.80. The molecule has 1 heterocycles. The van der Waals surface area contributed by atoms with Crippen molar-refractivity contribution < 1.29 is 0 Å². The van der Waals surface area contributed by atoms with Gasteiger partial charge in [-0.25, -0.2) is 0 Å². The van der Waals surface area contributed by atoms with Gasteiger partial charge in [0.15, 0.2) is 0 Å². The Balaban J connectivity index is 2.81. The molecule has 0 aromatic heterocycles. The standard InChI is InChI=1S/C11H20N2/c1-10(2,3)13-9-5-6-11(13,4)7-8-12/h5-7,9H2,1-4H3. The molecule has 1 fully saturated rings. The Morgan fingerprint density at radius 3 is 2.54 bits per heavy atom. The third-order valence-electron chi connectivity index (χ3n) is 3.02. The van der Waals surface area contributed by atoms with Crippen molar-refractivity contribution in [1.82, 2.24) is 4.90 Å². The van der Waals surface area contributed by atoms with Crippen molar-refractivity contribution in [3.05, 3.63) is 0 Å². The summed E-state index contributed by atoms with van der Waals surface area (Å²) >= 11 is 0. The summed E-state index contributed by atoms with van der Waals surface area (Å²) in [7, 11) is 0. The van der Waals surface area contributed by atoms with E-state index in [1.807, 2.05) is 0 Å². The van der Waals surface area contributed by atoms with E-state index in [1.54, 1.807) is 0 Å². The summed E-state index contributed by atoms with van der Waals surface area (Å²) in [6.07, 6.45) is 3.05. The van der Waals surface area contributed by atoms with Gasteiger partial charge in [-0.1, -0.05) is 0 Å². The van der Waals surface area contributed by atoms with Gasteiger partial charge in [-0.05, 0) is 47.1 Å². The highest BCUT2D eigenvalue weighted by atomic mass is 15.3. The quantitative estimate of drug-likeness (QED) is 0.620. The van der Waals surface area contributed by atoms with Crippen molar-refractivity contribution in [2.24, 2.45) is 0 Å². The Hall–Kier alpha value is -0.550. The summed E-state index contributed by atoms with van der Waals surface area (Å²) < 4.78 is 0. The molecule has 1 atom stereocenters. The van der Waals surface area contributed by atoms with E-state index in [9.17, 15) is 0 Å². The third kappa shape index (κ3) is 2.03. The Morgan fingerprint density at radius 2 is 2.08 bits per heavy atom. The number of nitriles is 1. The van der Waals surface area contributed by atoms with Gasteiger partial charge < -0.3 is 0 Å². The van der Waals surface area contributed by atoms with Gasteiger partial charge in [-0.15, -0.1) is 0 Å². The molecule has 0 aliphatic carbocycles. The van der Waals surface area contributed by atoms with Crippen LogP contribution in [0, 0.1) is 11.3 Å². The van der Waals surface area contributed by atoms with Gasteiger partial charge in [0.05, 0.1) is 12.5 Å². The van der Waals surface area contributed by atoms with E-state index < -0.39 is 0 Å². The minimum atomic E-state index is 0.118. The summed E-state index contributed by atoms with van der Waals surface area (Å²) in [5.74, 6) is 0. The van der Waals surface area contributed by atoms with Crippen LogP contribution in [-0.4, -0.2) is 22.5 Å². The first-order chi connectivity index (χ1) is 5.90. The number of nitrogens with zero attached hydrogens (tertiary/aromatic N) is 2. The van der Waals surface area contributed by atoms with Crippen LogP contribution < -0.4 is 0 Å². The van der Waals surface area contributed by atoms with E-state index in [-0.39, 0.29) is 11.1 Å². The fourth-order valence-electron chi connectivity index (χ4n) is 2.52. The van der Waals surface area contributed by atoms with Crippen molar-refractivity contribution in [3.63, 3.8) is 0 Å². The predicted octanol–water partition coefficient (Wildman–Crippen LogP) is 2.55. The first-order valence-electron chi connectivity index (χ1n) is 5.05. The second-order valence-corrected chi connectivity index (χ2v) is 5.26. The highest BCUT2D eigenvalue weighted by Crippen LogP contribution is 2.37. The summed E-state index contributed by atoms with van der Waals surface area (Å²) in [6, 6.07) is 2.31. The van der Waals surface area contributed by atoms with Crippen LogP contribution in [0.4, 0.5) is 0 Å². The van der Waals surface area contributed by atoms with E-state index in [0.29, 0.717) is 6.42 Å². The lowest BCUT2D eigenvalue weighted by molar-refractivity contribution is 0.0585. The molecule has 1 unspecified atom stereocenters. The number of likely N-dealkylation sites (tertiary alicyclic amines) is 1. The molecule has 2 nitrogen and oxygen atoms in total. The molecule has 0 spiro atoms. The second-order valence-electron chi connectivity index (χ2n) is 5.26. The molecular formula is C11H20N2. The molecule has 0 aromatic carbocycles. The van der Waals surface area contributed by atoms with Gasteiger partial charge in [0.2, 0.25) is 0 Å². The number of hydrogen-bond acceptors (Lipinski definition) is 2. The molecule has 74 valence electrons. The maximum absolute atomic E-state index is 8.80. The van der Waals surface area contributed by atoms with Crippen LogP contribution in [0.1, 0.15) is 47.0 Å². The molecule has 2 heteroatoms. The van der Waals surface area contributed by atoms with E-state index in [4.69, 9.17) is 5.26 Å². The smallest absolute Gasteiger partial charge is 0.0641 e. The van der Waals surface area contributed by atoms with Crippen LogP contribution in [-0.2, 0) is 0 Å². The van der Waals surface area contributed by atoms with E-state index >= 15 is 0 Å². The van der Waals surface area contributed by atoms with E-state index in [0.717, 1.165) is 13.0 Å². The highest BCUT2D eigenvalue weighted by molar-refractivity contribution is 5.02. The van der Waals surface area contributed by atoms with Gasteiger partial charge in [0, 0.05) is 11.1 Å². The van der Waals surface area contributed by atoms with Gasteiger partial charge in [-0.3, -0.25) is 4.90 Å². The zero-order valence-corrected chi connectivity index (χ0v) is 9.22. The average molecular weight is 180 g/mol. The SMILES string of the molecule is CC(C)(C)N1CCCC1(C)CC#N. The molecule has 0 saturated carbocycles. The van der Waals surface area contributed by atoms with Crippen molar-refractivity contribution in [3.8, 4) is 6.07 Å². The first kappa shape index (κ1) is 10.5. The Bertz CT molecular complexity index is 221. The predicted molar refractivity (Wildman–Crippen MR) is 54.3 cm³/mol. The van der Waals surface area contributed by atoms with Crippen LogP contribution in [0.15, 0.2) is 0 Å². The van der Waals surface area contributed by atoms with Crippen molar-refractivity contribution >= 4 is 0 Å². The first-order valence-corrected chi connectivity index (χ1v) is 5.05. The van der Waals surface area contributed by atoms with Crippen molar-refractivity contribution in [2.75, 3.05) is 6.54 Å². The summed E-state index contributed by atoms with van der Waals surface area (Å²) in [4.78, 5) is 2.48. The van der Waals surface area contributed by atoms with Crippen LogP contribution >= 0.6 is 0 Å². The fourth-order valence-corrected chi connectivity index (χ4v) is 2.52. The molecule has 1 aliphatic heterocycles. The monoisotopic (exact) mass is 180 g/mol. The molecule has 1 saturated heterocycles. The van der Waals surface area contributed by atoms with E-state index in [2.05, 4.69) is 38.7 Å². The van der Waals surface area contributed by atoms with E-state index in [1.165, 1.54) is 6.42 Å². The molecule has 1 aliphatic rings. The molecule has 0 radical (unpaired) electrons. The number of rotatable bonds is 1. The van der Waals surface area contributed by atoms with Gasteiger partial charge >= 0.3 is 0 Å². The number of hydrogen-bond donors (Lipinski definition) is 0. The minimum Gasteiger partial charge on any atom is -0.292 e. The third-order valence-corrected chi connectivity index (χ3v) is 3.02. The normalized spacial score (nSPS) is 30.4. The maximum Gasteiger partial charge on any atom is 0.0641 e.